The summed E-state index contributed by atoms with van der Waals surface area (Å²) in [7, 11) is -4.78. The molecule has 0 saturated heterocycles. The van der Waals surface area contributed by atoms with Crippen LogP contribution in [-0.2, 0) is 10.0 Å². The molecule has 266 valence electrons. The highest BCUT2D eigenvalue weighted by Crippen LogP contribution is 2.65. The van der Waals surface area contributed by atoms with Crippen molar-refractivity contribution in [2.45, 2.75) is 71.8 Å². The highest BCUT2D eigenvalue weighted by Gasteiger charge is 2.97. The first-order valence-corrected chi connectivity index (χ1v) is 12.6. The monoisotopic (exact) mass is 723 g/mol. The molecule has 0 amide bonds. The molecule has 0 saturated carbocycles. The third-order valence-corrected chi connectivity index (χ3v) is 7.45. The molecule has 0 fully saturated rings. The molecule has 3 N–H and O–H groups in total. The fraction of sp³-hybridized carbons (Fsp3) is 1.00. The number of hydrogen-bond donors (Lipinski definition) is 3. The Balaban J connectivity index is 6.40. The van der Waals surface area contributed by atoms with Crippen molar-refractivity contribution in [2.75, 3.05) is 40.3 Å². The smallest absolute Gasteiger partial charge is 0.394 e. The summed E-state index contributed by atoms with van der Waals surface area (Å²) in [5.41, 5.74) is 0. The molecule has 0 aromatic carbocycles. The zero-order valence-corrected chi connectivity index (χ0v) is 22.4. The Labute approximate surface area is 234 Å². The maximum Gasteiger partial charge on any atom is 0.460 e. The average Bonchev–Trinajstić information content (AvgIpc) is 2.83. The van der Waals surface area contributed by atoms with Crippen LogP contribution in [0, 0.1) is 0 Å². The molecule has 1 unspecified atom stereocenters. The molecule has 0 rings (SSSR count). The van der Waals surface area contributed by atoms with Crippen LogP contribution in [0.4, 0.5) is 83.4 Å². The Bertz CT molecular complexity index is 1090. The van der Waals surface area contributed by atoms with E-state index in [1.54, 1.807) is 0 Å². The summed E-state index contributed by atoms with van der Waals surface area (Å²) in [6.45, 7) is -2.50. The maximum atomic E-state index is 14.1. The normalized spacial score (nSPS) is 16.8. The summed E-state index contributed by atoms with van der Waals surface area (Å²) in [4.78, 5) is 0. The molecule has 6 nitrogen and oxygen atoms in total. The van der Waals surface area contributed by atoms with Gasteiger partial charge in [-0.05, 0) is 0 Å². The van der Waals surface area contributed by atoms with Crippen molar-refractivity contribution in [3.8, 4) is 0 Å². The van der Waals surface area contributed by atoms with E-state index in [0.717, 1.165) is 0 Å². The number of hydrogen-bond acceptors (Lipinski definition) is 4. The van der Waals surface area contributed by atoms with Gasteiger partial charge < -0.3 is 14.7 Å². The predicted molar refractivity (Wildman–Crippen MR) is 107 cm³/mol. The van der Waals surface area contributed by atoms with E-state index < -0.39 is 88.6 Å². The van der Waals surface area contributed by atoms with Crippen molar-refractivity contribution in [3.63, 3.8) is 0 Å². The molecular weight excluding hydrogens is 701 g/mol. The lowest BCUT2D eigenvalue weighted by Gasteiger charge is -2.43. The number of rotatable bonds is 17. The van der Waals surface area contributed by atoms with Crippen molar-refractivity contribution in [2.24, 2.45) is 0 Å². The summed E-state index contributed by atoms with van der Waals surface area (Å²) >= 11 is 0. The van der Waals surface area contributed by atoms with Gasteiger partial charge in [0.05, 0.1) is 39.9 Å². The van der Waals surface area contributed by atoms with Gasteiger partial charge in [0.1, 0.15) is 0 Å². The number of halogens is 19. The zero-order chi connectivity index (χ0) is 36.0. The van der Waals surface area contributed by atoms with Crippen LogP contribution in [0.1, 0.15) is 12.8 Å². The highest BCUT2D eigenvalue weighted by molar-refractivity contribution is 7.90. The van der Waals surface area contributed by atoms with E-state index in [0.29, 0.717) is 4.72 Å². The third-order valence-electron chi connectivity index (χ3n) is 5.94. The largest absolute Gasteiger partial charge is 0.460 e. The number of aliphatic hydroxyl groups is 2. The van der Waals surface area contributed by atoms with Gasteiger partial charge in [0, 0.05) is 19.4 Å². The van der Waals surface area contributed by atoms with Gasteiger partial charge in [0.15, 0.2) is 0 Å². The average molecular weight is 723 g/mol. The molecule has 1 atom stereocenters. The highest BCUT2D eigenvalue weighted by atomic mass is 32.2. The summed E-state index contributed by atoms with van der Waals surface area (Å²) in [5.74, 6) is -62.0. The Morgan fingerprint density at radius 2 is 0.955 bits per heavy atom. The summed E-state index contributed by atoms with van der Waals surface area (Å²) < 4.78 is 278. The van der Waals surface area contributed by atoms with Crippen LogP contribution in [0.15, 0.2) is 0 Å². The minimum absolute atomic E-state index is 0.0309. The number of nitrogens with one attached hydrogen (secondary N) is 1. The minimum atomic E-state index is -9.15. The summed E-state index contributed by atoms with van der Waals surface area (Å²) in [6, 6.07) is 0. The molecule has 0 aliphatic heterocycles. The topological polar surface area (TPSA) is 86.6 Å². The molecular formula is C18H22F19N2O4S+. The van der Waals surface area contributed by atoms with Gasteiger partial charge >= 0.3 is 52.9 Å². The molecule has 44 heavy (non-hydrogen) atoms. The van der Waals surface area contributed by atoms with Crippen LogP contribution < -0.4 is 4.72 Å². The first-order chi connectivity index (χ1) is 18.9. The number of aliphatic hydroxyl groups excluding tert-OH is 2. The van der Waals surface area contributed by atoms with Crippen LogP contribution in [0.3, 0.4) is 0 Å². The number of nitrogens with zero attached hydrogens (tertiary/aromatic N) is 1. The van der Waals surface area contributed by atoms with E-state index in [-0.39, 0.29) is 24.0 Å². The number of alkyl halides is 19. The Morgan fingerprint density at radius 3 is 1.30 bits per heavy atom. The van der Waals surface area contributed by atoms with Gasteiger partial charge in [-0.1, -0.05) is 0 Å². The van der Waals surface area contributed by atoms with Crippen LogP contribution in [-0.4, -0.2) is 122 Å². The molecule has 0 radical (unpaired) electrons. The third kappa shape index (κ3) is 6.77. The number of sulfonamides is 1. The lowest BCUT2D eigenvalue weighted by molar-refractivity contribution is -0.891. The van der Waals surface area contributed by atoms with Crippen molar-refractivity contribution >= 4 is 10.0 Å². The quantitative estimate of drug-likeness (QED) is 0.115. The predicted octanol–water partition coefficient (Wildman–Crippen LogP) is 4.72. The molecule has 0 spiro atoms. The first-order valence-electron chi connectivity index (χ1n) is 11.1. The van der Waals surface area contributed by atoms with Crippen molar-refractivity contribution in [1.82, 2.24) is 4.72 Å². The number of quaternary nitrogens is 1. The van der Waals surface area contributed by atoms with Crippen molar-refractivity contribution in [3.05, 3.63) is 0 Å². The van der Waals surface area contributed by atoms with E-state index in [2.05, 4.69) is 0 Å². The molecule has 0 aromatic rings. The van der Waals surface area contributed by atoms with Gasteiger partial charge in [-0.2, -0.15) is 83.4 Å². The lowest BCUT2D eigenvalue weighted by atomic mass is 9.89. The molecule has 0 heterocycles. The van der Waals surface area contributed by atoms with Crippen LogP contribution >= 0.6 is 0 Å². The van der Waals surface area contributed by atoms with E-state index >= 15 is 0 Å². The fourth-order valence-corrected chi connectivity index (χ4v) is 4.08. The van der Waals surface area contributed by atoms with Gasteiger partial charge in [0.25, 0.3) is 10.0 Å². The molecule has 0 aliphatic carbocycles. The van der Waals surface area contributed by atoms with E-state index in [4.69, 9.17) is 5.11 Å². The second-order valence-corrected chi connectivity index (χ2v) is 11.6. The minimum Gasteiger partial charge on any atom is -0.394 e. The van der Waals surface area contributed by atoms with E-state index in [9.17, 15) is 96.9 Å². The molecule has 26 heteroatoms. The molecule has 0 aliphatic rings. The van der Waals surface area contributed by atoms with Gasteiger partial charge in [-0.25, -0.2) is 13.1 Å². The lowest BCUT2D eigenvalue weighted by Crippen LogP contribution is -2.76. The summed E-state index contributed by atoms with van der Waals surface area (Å²) in [6.07, 6.45) is -10.1. The zero-order valence-electron chi connectivity index (χ0n) is 21.6. The fourth-order valence-electron chi connectivity index (χ4n) is 3.02. The molecule has 0 aromatic heterocycles. The van der Waals surface area contributed by atoms with Crippen LogP contribution in [0.25, 0.3) is 0 Å². The van der Waals surface area contributed by atoms with Crippen LogP contribution in [0.2, 0.25) is 0 Å². The van der Waals surface area contributed by atoms with Gasteiger partial charge in [0.2, 0.25) is 0 Å². The Kier molecular flexibility index (Phi) is 11.8. The van der Waals surface area contributed by atoms with E-state index in [1.807, 2.05) is 0 Å². The van der Waals surface area contributed by atoms with Crippen molar-refractivity contribution in [1.29, 1.82) is 0 Å². The second-order valence-electron chi connectivity index (χ2n) is 9.79. The van der Waals surface area contributed by atoms with Gasteiger partial charge in [-0.15, -0.1) is 0 Å². The Hall–Kier alpha value is -1.54. The van der Waals surface area contributed by atoms with Crippen molar-refractivity contribution < 1.29 is 107 Å². The SMILES string of the molecule is C[N+](C)(CCCNS(=O)(=O)C(F)(F)C(F)(F)C(F)(F)C(F)(F)C(F)(F)C(F)(F)C(F)(F)C(F)(F)C(F)(F)F)CCC(O)CO. The second kappa shape index (κ2) is 12.2. The Morgan fingerprint density at radius 1 is 0.614 bits per heavy atom. The molecule has 0 bridgehead atoms. The standard InChI is InChI=1S/C18H22F19N2O4S/c1-39(2,7-4-9(41)8-40)6-3-5-38-44(42,43)18(36,37)16(31,32)14(27,28)12(23,24)10(19,20)11(21,22)13(25,26)15(29,30)17(33,34)35/h9,38,40-41H,3-8H2,1-2H3/q+1. The van der Waals surface area contributed by atoms with Crippen LogP contribution in [0.5, 0.6) is 0 Å². The summed E-state index contributed by atoms with van der Waals surface area (Å²) in [5, 5.41) is 10.3. The first kappa shape index (κ1) is 42.5. The van der Waals surface area contributed by atoms with Gasteiger partial charge in [-0.3, -0.25) is 0 Å². The maximum absolute atomic E-state index is 14.1. The van der Waals surface area contributed by atoms with E-state index in [1.165, 1.54) is 14.1 Å².